The monoisotopic (exact) mass is 428 g/mol. The average Bonchev–Trinajstić information content (AvgIpc) is 3.41. The SMILES string of the molecule is CCc1cc([C@H](c2ccccc2Cl)N2CCCCC2)c(NC(=O)c2ccco2)s1. The second-order valence-electron chi connectivity index (χ2n) is 7.30. The molecule has 1 aliphatic rings. The van der Waals surface area contributed by atoms with E-state index in [-0.39, 0.29) is 11.9 Å². The highest BCUT2D eigenvalue weighted by atomic mass is 35.5. The Balaban J connectivity index is 1.76. The quantitative estimate of drug-likeness (QED) is 0.495. The van der Waals surface area contributed by atoms with Crippen LogP contribution in [0.15, 0.2) is 53.1 Å². The second kappa shape index (κ2) is 9.16. The molecule has 1 atom stereocenters. The Morgan fingerprint density at radius 2 is 1.97 bits per heavy atom. The molecular formula is C23H25ClN2O2S. The first-order valence-corrected chi connectivity index (χ1v) is 11.3. The summed E-state index contributed by atoms with van der Waals surface area (Å²) >= 11 is 8.28. The smallest absolute Gasteiger partial charge is 0.291 e. The van der Waals surface area contributed by atoms with Crippen molar-refractivity contribution in [3.8, 4) is 0 Å². The van der Waals surface area contributed by atoms with E-state index in [0.29, 0.717) is 5.76 Å². The lowest BCUT2D eigenvalue weighted by atomic mass is 9.95. The number of aryl methyl sites for hydroxylation is 1. The number of hydrogen-bond donors (Lipinski definition) is 1. The standard InChI is InChI=1S/C23H25ClN2O2S/c1-2-16-15-18(23(29-16)25-22(27)20-11-8-14-28-20)21(26-12-6-3-7-13-26)17-9-4-5-10-19(17)24/h4-5,8-11,14-15,21H,2-3,6-7,12-13H2,1H3,(H,25,27)/t21-/m0/s1. The number of hydrogen-bond acceptors (Lipinski definition) is 4. The lowest BCUT2D eigenvalue weighted by molar-refractivity contribution is 0.0996. The molecule has 3 aromatic rings. The number of piperidine rings is 1. The van der Waals surface area contributed by atoms with Crippen molar-refractivity contribution >= 4 is 33.8 Å². The number of likely N-dealkylation sites (tertiary alicyclic amines) is 1. The number of benzene rings is 1. The maximum absolute atomic E-state index is 12.7. The van der Waals surface area contributed by atoms with Crippen LogP contribution in [0.1, 0.15) is 58.8 Å². The molecule has 0 radical (unpaired) electrons. The third kappa shape index (κ3) is 4.42. The van der Waals surface area contributed by atoms with Gasteiger partial charge in [0.25, 0.3) is 5.91 Å². The number of nitrogens with one attached hydrogen (secondary N) is 1. The van der Waals surface area contributed by atoms with Gasteiger partial charge < -0.3 is 9.73 Å². The minimum absolute atomic E-state index is 0.0208. The van der Waals surface area contributed by atoms with Gasteiger partial charge >= 0.3 is 0 Å². The van der Waals surface area contributed by atoms with Crippen molar-refractivity contribution in [2.75, 3.05) is 18.4 Å². The van der Waals surface area contributed by atoms with Crippen LogP contribution in [-0.2, 0) is 6.42 Å². The summed E-state index contributed by atoms with van der Waals surface area (Å²) in [5, 5.41) is 4.73. The molecule has 4 nitrogen and oxygen atoms in total. The molecule has 2 aromatic heterocycles. The Hall–Kier alpha value is -2.08. The van der Waals surface area contributed by atoms with Crippen molar-refractivity contribution in [1.82, 2.24) is 4.90 Å². The molecule has 0 saturated carbocycles. The van der Waals surface area contributed by atoms with Crippen LogP contribution in [0.3, 0.4) is 0 Å². The second-order valence-corrected chi connectivity index (χ2v) is 8.85. The maximum Gasteiger partial charge on any atom is 0.291 e. The minimum atomic E-state index is -0.225. The lowest BCUT2D eigenvalue weighted by Gasteiger charge is -2.35. The molecule has 1 N–H and O–H groups in total. The highest BCUT2D eigenvalue weighted by molar-refractivity contribution is 7.16. The highest BCUT2D eigenvalue weighted by Crippen LogP contribution is 2.42. The Labute approximate surface area is 180 Å². The number of furan rings is 1. The van der Waals surface area contributed by atoms with E-state index in [1.165, 1.54) is 30.4 Å². The van der Waals surface area contributed by atoms with E-state index in [2.05, 4.69) is 29.3 Å². The van der Waals surface area contributed by atoms with Gasteiger partial charge in [0, 0.05) is 15.5 Å². The topological polar surface area (TPSA) is 45.5 Å². The molecule has 1 amide bonds. The molecule has 0 unspecified atom stereocenters. The molecule has 1 aromatic carbocycles. The largest absolute Gasteiger partial charge is 0.459 e. The number of amides is 1. The van der Waals surface area contributed by atoms with E-state index in [9.17, 15) is 4.79 Å². The van der Waals surface area contributed by atoms with Crippen molar-refractivity contribution in [3.05, 3.63) is 75.5 Å². The molecule has 0 spiro atoms. The van der Waals surface area contributed by atoms with Crippen LogP contribution >= 0.6 is 22.9 Å². The van der Waals surface area contributed by atoms with E-state index >= 15 is 0 Å². The number of nitrogens with zero attached hydrogens (tertiary/aromatic N) is 1. The van der Waals surface area contributed by atoms with Crippen LogP contribution < -0.4 is 5.32 Å². The van der Waals surface area contributed by atoms with E-state index in [0.717, 1.165) is 40.7 Å². The molecule has 6 heteroatoms. The van der Waals surface area contributed by atoms with E-state index < -0.39 is 0 Å². The summed E-state index contributed by atoms with van der Waals surface area (Å²) in [5.41, 5.74) is 2.20. The molecular weight excluding hydrogens is 404 g/mol. The van der Waals surface area contributed by atoms with Crippen LogP contribution in [0.2, 0.25) is 5.02 Å². The number of halogens is 1. The molecule has 152 valence electrons. The van der Waals surface area contributed by atoms with Crippen molar-refractivity contribution in [1.29, 1.82) is 0 Å². The van der Waals surface area contributed by atoms with Gasteiger partial charge in [-0.25, -0.2) is 0 Å². The van der Waals surface area contributed by atoms with Gasteiger partial charge in [0.2, 0.25) is 0 Å². The van der Waals surface area contributed by atoms with Crippen molar-refractivity contribution in [2.45, 2.75) is 38.6 Å². The van der Waals surface area contributed by atoms with E-state index in [1.54, 1.807) is 23.5 Å². The van der Waals surface area contributed by atoms with Gasteiger partial charge in [-0.1, -0.05) is 43.1 Å². The zero-order chi connectivity index (χ0) is 20.2. The summed E-state index contributed by atoms with van der Waals surface area (Å²) in [5.74, 6) is 0.0898. The van der Waals surface area contributed by atoms with Gasteiger partial charge in [-0.2, -0.15) is 0 Å². The summed E-state index contributed by atoms with van der Waals surface area (Å²) < 4.78 is 5.28. The van der Waals surface area contributed by atoms with Crippen molar-refractivity contribution < 1.29 is 9.21 Å². The number of carbonyl (C=O) groups excluding carboxylic acids is 1. The molecule has 4 rings (SSSR count). The fourth-order valence-corrected chi connectivity index (χ4v) is 5.20. The number of thiophene rings is 1. The molecule has 0 bridgehead atoms. The first kappa shape index (κ1) is 20.2. The van der Waals surface area contributed by atoms with Gasteiger partial charge in [-0.3, -0.25) is 9.69 Å². The van der Waals surface area contributed by atoms with Gasteiger partial charge in [0.05, 0.1) is 12.3 Å². The van der Waals surface area contributed by atoms with Gasteiger partial charge in [-0.15, -0.1) is 11.3 Å². The van der Waals surface area contributed by atoms with E-state index in [4.69, 9.17) is 16.0 Å². The summed E-state index contributed by atoms with van der Waals surface area (Å²) in [6.07, 6.45) is 6.06. The molecule has 0 aliphatic carbocycles. The Bertz CT molecular complexity index is 961. The van der Waals surface area contributed by atoms with Crippen LogP contribution in [0, 0.1) is 0 Å². The predicted molar refractivity (Wildman–Crippen MR) is 119 cm³/mol. The fourth-order valence-electron chi connectivity index (χ4n) is 3.94. The molecule has 1 saturated heterocycles. The van der Waals surface area contributed by atoms with Crippen LogP contribution in [0.5, 0.6) is 0 Å². The molecule has 3 heterocycles. The number of carbonyl (C=O) groups is 1. The Morgan fingerprint density at radius 3 is 2.66 bits per heavy atom. The minimum Gasteiger partial charge on any atom is -0.459 e. The third-order valence-electron chi connectivity index (χ3n) is 5.38. The number of rotatable bonds is 6. The normalized spacial score (nSPS) is 15.9. The predicted octanol–water partition coefficient (Wildman–Crippen LogP) is 6.38. The number of anilines is 1. The van der Waals surface area contributed by atoms with E-state index in [1.807, 2.05) is 18.2 Å². The third-order valence-corrected chi connectivity index (χ3v) is 6.94. The molecule has 29 heavy (non-hydrogen) atoms. The molecule has 1 fully saturated rings. The van der Waals surface area contributed by atoms with Crippen LogP contribution in [-0.4, -0.2) is 23.9 Å². The van der Waals surface area contributed by atoms with Gasteiger partial charge in [-0.05, 0) is 62.2 Å². The zero-order valence-corrected chi connectivity index (χ0v) is 18.1. The summed E-state index contributed by atoms with van der Waals surface area (Å²) in [4.78, 5) is 16.4. The summed E-state index contributed by atoms with van der Waals surface area (Å²) in [6, 6.07) is 13.7. The maximum atomic E-state index is 12.7. The first-order valence-electron chi connectivity index (χ1n) is 10.1. The Kier molecular flexibility index (Phi) is 6.38. The van der Waals surface area contributed by atoms with Crippen molar-refractivity contribution in [3.63, 3.8) is 0 Å². The lowest BCUT2D eigenvalue weighted by Crippen LogP contribution is -2.34. The first-order chi connectivity index (χ1) is 14.2. The van der Waals surface area contributed by atoms with Crippen LogP contribution in [0.25, 0.3) is 0 Å². The fraction of sp³-hybridized carbons (Fsp3) is 0.348. The van der Waals surface area contributed by atoms with Crippen LogP contribution in [0.4, 0.5) is 5.00 Å². The highest BCUT2D eigenvalue weighted by Gasteiger charge is 2.29. The summed E-state index contributed by atoms with van der Waals surface area (Å²) in [6.45, 7) is 4.19. The van der Waals surface area contributed by atoms with Gasteiger partial charge in [0.1, 0.15) is 5.00 Å². The van der Waals surface area contributed by atoms with Gasteiger partial charge in [0.15, 0.2) is 5.76 Å². The average molecular weight is 429 g/mol. The summed E-state index contributed by atoms with van der Waals surface area (Å²) in [7, 11) is 0. The molecule has 1 aliphatic heterocycles. The zero-order valence-electron chi connectivity index (χ0n) is 16.5. The van der Waals surface area contributed by atoms with Crippen molar-refractivity contribution in [2.24, 2.45) is 0 Å². The Morgan fingerprint density at radius 1 is 1.17 bits per heavy atom.